The van der Waals surface area contributed by atoms with Crippen LogP contribution in [0.15, 0.2) is 23.8 Å². The standard InChI is InChI=1S/C21H26Cl2O4/c1-11-7-14-15-4-3-12-8-13(24)5-6-19(12,2)21(15,23)17(25)9-16(14)20(11,27)18(26)10-22/h5-6,8,11,14-17,25,27H,3-4,7,9-10H2,1-2H3/t11-,14+,15?,16?,17+,19+,20-,21+/m1/s1. The summed E-state index contributed by atoms with van der Waals surface area (Å²) in [4.78, 5) is 23.4. The summed E-state index contributed by atoms with van der Waals surface area (Å²) in [6.07, 6.45) is 6.58. The Morgan fingerprint density at radius 1 is 1.33 bits per heavy atom. The van der Waals surface area contributed by atoms with Gasteiger partial charge in [0, 0.05) is 11.3 Å². The SMILES string of the molecule is C[C@@H]1C[C@@H]2C(C[C@H](O)[C@@]3(Cl)C2CCC2=CC(=O)C=C[C@@]23C)[C@@]1(O)C(=O)CCl. The Labute approximate surface area is 169 Å². The van der Waals surface area contributed by atoms with Crippen LogP contribution in [-0.2, 0) is 9.59 Å². The first-order valence-electron chi connectivity index (χ1n) is 9.73. The Kier molecular flexibility index (Phi) is 4.48. The van der Waals surface area contributed by atoms with Gasteiger partial charge >= 0.3 is 0 Å². The van der Waals surface area contributed by atoms with Crippen molar-refractivity contribution in [3.63, 3.8) is 0 Å². The Balaban J connectivity index is 1.78. The molecule has 0 aliphatic heterocycles. The first-order valence-corrected chi connectivity index (χ1v) is 10.6. The van der Waals surface area contributed by atoms with Crippen LogP contribution in [0.4, 0.5) is 0 Å². The number of carbonyl (C=O) groups excluding carboxylic acids is 2. The van der Waals surface area contributed by atoms with Crippen molar-refractivity contribution in [2.24, 2.45) is 29.1 Å². The Morgan fingerprint density at radius 3 is 2.70 bits per heavy atom. The topological polar surface area (TPSA) is 74.6 Å². The van der Waals surface area contributed by atoms with Crippen LogP contribution in [0.25, 0.3) is 0 Å². The molecule has 3 fully saturated rings. The molecule has 0 heterocycles. The number of alkyl halides is 2. The van der Waals surface area contributed by atoms with Crippen LogP contribution in [0.2, 0.25) is 0 Å². The fraction of sp³-hybridized carbons (Fsp3) is 0.714. The van der Waals surface area contributed by atoms with Crippen molar-refractivity contribution < 1.29 is 19.8 Å². The van der Waals surface area contributed by atoms with Crippen LogP contribution < -0.4 is 0 Å². The van der Waals surface area contributed by atoms with Gasteiger partial charge in [-0.2, -0.15) is 0 Å². The van der Waals surface area contributed by atoms with Crippen molar-refractivity contribution >= 4 is 34.8 Å². The third kappa shape index (κ3) is 2.30. The summed E-state index contributed by atoms with van der Waals surface area (Å²) in [5, 5.41) is 22.5. The highest BCUT2D eigenvalue weighted by Crippen LogP contribution is 2.67. The van der Waals surface area contributed by atoms with E-state index < -0.39 is 22.0 Å². The average molecular weight is 413 g/mol. The highest BCUT2D eigenvalue weighted by atomic mass is 35.5. The van der Waals surface area contributed by atoms with E-state index >= 15 is 0 Å². The molecule has 2 N–H and O–H groups in total. The van der Waals surface area contributed by atoms with Crippen LogP contribution >= 0.6 is 23.2 Å². The minimum atomic E-state index is -1.50. The van der Waals surface area contributed by atoms with Gasteiger partial charge in [-0.15, -0.1) is 23.2 Å². The lowest BCUT2D eigenvalue weighted by Gasteiger charge is -2.61. The van der Waals surface area contributed by atoms with Gasteiger partial charge < -0.3 is 10.2 Å². The van der Waals surface area contributed by atoms with Crippen LogP contribution in [0.1, 0.15) is 39.5 Å². The van der Waals surface area contributed by atoms with E-state index in [-0.39, 0.29) is 47.5 Å². The van der Waals surface area contributed by atoms with E-state index in [2.05, 4.69) is 0 Å². The predicted octanol–water partition coefficient (Wildman–Crippen LogP) is 3.02. The molecule has 2 unspecified atom stereocenters. The Bertz CT molecular complexity index is 761. The summed E-state index contributed by atoms with van der Waals surface area (Å²) in [6.45, 7) is 3.89. The minimum absolute atomic E-state index is 0.0408. The number of hydrogen-bond acceptors (Lipinski definition) is 4. The van der Waals surface area contributed by atoms with E-state index in [0.29, 0.717) is 6.42 Å². The summed E-state index contributed by atoms with van der Waals surface area (Å²) in [5.41, 5.74) is -1.14. The molecule has 0 radical (unpaired) electrons. The third-order valence-corrected chi connectivity index (χ3v) is 9.30. The number of rotatable bonds is 2. The summed E-state index contributed by atoms with van der Waals surface area (Å²) in [5.74, 6) is -1.20. The second-order valence-electron chi connectivity index (χ2n) is 9.06. The summed E-state index contributed by atoms with van der Waals surface area (Å²) in [7, 11) is 0. The quantitative estimate of drug-likeness (QED) is 0.683. The fourth-order valence-corrected chi connectivity index (χ4v) is 7.46. The molecule has 0 spiro atoms. The number of hydrogen-bond donors (Lipinski definition) is 2. The molecule has 0 bridgehead atoms. The molecule has 27 heavy (non-hydrogen) atoms. The molecule has 0 amide bonds. The van der Waals surface area contributed by atoms with Gasteiger partial charge in [0.15, 0.2) is 11.6 Å². The van der Waals surface area contributed by atoms with Gasteiger partial charge in [-0.25, -0.2) is 0 Å². The van der Waals surface area contributed by atoms with E-state index in [1.54, 1.807) is 12.2 Å². The zero-order chi connectivity index (χ0) is 19.8. The van der Waals surface area contributed by atoms with Crippen molar-refractivity contribution in [3.8, 4) is 0 Å². The van der Waals surface area contributed by atoms with Crippen molar-refractivity contribution in [1.82, 2.24) is 0 Å². The van der Waals surface area contributed by atoms with Gasteiger partial charge in [0.1, 0.15) is 5.60 Å². The number of ketones is 2. The van der Waals surface area contributed by atoms with E-state index in [4.69, 9.17) is 23.2 Å². The summed E-state index contributed by atoms with van der Waals surface area (Å²) in [6, 6.07) is 0. The Hall–Kier alpha value is -0.680. The first-order chi connectivity index (χ1) is 12.6. The number of aliphatic hydroxyl groups is 2. The second kappa shape index (κ2) is 6.16. The molecule has 6 heteroatoms. The number of fused-ring (bicyclic) bond motifs is 5. The molecule has 4 rings (SSSR count). The second-order valence-corrected chi connectivity index (χ2v) is 9.95. The van der Waals surface area contributed by atoms with E-state index in [9.17, 15) is 19.8 Å². The molecule has 3 saturated carbocycles. The maximum absolute atomic E-state index is 12.5. The number of halogens is 2. The molecule has 4 nitrogen and oxygen atoms in total. The normalized spacial score (nSPS) is 51.3. The minimum Gasteiger partial charge on any atom is -0.391 e. The van der Waals surface area contributed by atoms with Crippen molar-refractivity contribution in [2.75, 3.05) is 5.88 Å². The highest BCUT2D eigenvalue weighted by Gasteiger charge is 2.70. The number of allylic oxidation sites excluding steroid dienone is 4. The van der Waals surface area contributed by atoms with Gasteiger partial charge in [0.25, 0.3) is 0 Å². The third-order valence-electron chi connectivity index (χ3n) is 8.13. The molecule has 0 aromatic heterocycles. The number of aliphatic hydroxyl groups excluding tert-OH is 1. The van der Waals surface area contributed by atoms with Crippen LogP contribution in [0, 0.1) is 29.1 Å². The molecule has 8 atom stereocenters. The molecular formula is C21H26Cl2O4. The molecule has 0 aromatic carbocycles. The van der Waals surface area contributed by atoms with E-state index in [1.807, 2.05) is 19.9 Å². The van der Waals surface area contributed by atoms with E-state index in [0.717, 1.165) is 18.4 Å². The van der Waals surface area contributed by atoms with Crippen molar-refractivity contribution in [1.29, 1.82) is 0 Å². The van der Waals surface area contributed by atoms with Crippen LogP contribution in [-0.4, -0.2) is 44.2 Å². The monoisotopic (exact) mass is 412 g/mol. The Morgan fingerprint density at radius 2 is 2.04 bits per heavy atom. The van der Waals surface area contributed by atoms with Gasteiger partial charge in [0.05, 0.1) is 16.9 Å². The lowest BCUT2D eigenvalue weighted by atomic mass is 9.49. The fourth-order valence-electron chi connectivity index (χ4n) is 6.70. The number of carbonyl (C=O) groups is 2. The highest BCUT2D eigenvalue weighted by molar-refractivity contribution is 6.29. The first kappa shape index (κ1) is 19.6. The van der Waals surface area contributed by atoms with Crippen molar-refractivity contribution in [2.45, 2.75) is 56.1 Å². The van der Waals surface area contributed by atoms with Crippen LogP contribution in [0.5, 0.6) is 0 Å². The molecule has 4 aliphatic carbocycles. The maximum Gasteiger partial charge on any atom is 0.179 e. The largest absolute Gasteiger partial charge is 0.391 e. The zero-order valence-electron chi connectivity index (χ0n) is 15.6. The molecule has 0 saturated heterocycles. The van der Waals surface area contributed by atoms with Crippen molar-refractivity contribution in [3.05, 3.63) is 23.8 Å². The average Bonchev–Trinajstić information content (AvgIpc) is 2.88. The molecule has 0 aromatic rings. The zero-order valence-corrected chi connectivity index (χ0v) is 17.1. The lowest BCUT2D eigenvalue weighted by Crippen LogP contribution is -2.65. The summed E-state index contributed by atoms with van der Waals surface area (Å²) >= 11 is 13.1. The number of Topliss-reactive ketones (excluding diaryl/α,β-unsaturated/α-hetero) is 1. The maximum atomic E-state index is 12.5. The smallest absolute Gasteiger partial charge is 0.179 e. The van der Waals surface area contributed by atoms with Crippen LogP contribution in [0.3, 0.4) is 0 Å². The molecule has 148 valence electrons. The van der Waals surface area contributed by atoms with Gasteiger partial charge in [-0.05, 0) is 55.6 Å². The van der Waals surface area contributed by atoms with Gasteiger partial charge in [0.2, 0.25) is 0 Å². The van der Waals surface area contributed by atoms with E-state index in [1.165, 1.54) is 0 Å². The van der Waals surface area contributed by atoms with Gasteiger partial charge in [-0.3, -0.25) is 9.59 Å². The lowest BCUT2D eigenvalue weighted by molar-refractivity contribution is -0.152. The predicted molar refractivity (Wildman–Crippen MR) is 104 cm³/mol. The van der Waals surface area contributed by atoms with Gasteiger partial charge in [-0.1, -0.05) is 25.5 Å². The molecule has 4 aliphatic rings. The molecular weight excluding hydrogens is 387 g/mol. The summed E-state index contributed by atoms with van der Waals surface area (Å²) < 4.78 is 0.